The Morgan fingerprint density at radius 2 is 0.880 bits per heavy atom. The molecule has 0 amide bonds. The van der Waals surface area contributed by atoms with E-state index >= 15 is 0 Å². The Balaban J connectivity index is 3.52. The van der Waals surface area contributed by atoms with E-state index in [1.54, 1.807) is 55.4 Å². The van der Waals surface area contributed by atoms with Crippen LogP contribution in [0.3, 0.4) is 0 Å². The molecule has 0 bridgehead atoms. The zero-order valence-corrected chi connectivity index (χ0v) is 18.5. The van der Waals surface area contributed by atoms with Crippen LogP contribution in [0.25, 0.3) is 0 Å². The van der Waals surface area contributed by atoms with Crippen molar-refractivity contribution in [3.8, 4) is 0 Å². The predicted octanol–water partition coefficient (Wildman–Crippen LogP) is 6.12. The van der Waals surface area contributed by atoms with Crippen LogP contribution in [0.4, 0.5) is 0 Å². The van der Waals surface area contributed by atoms with Crippen molar-refractivity contribution in [3.05, 3.63) is 12.2 Å². The fraction of sp³-hybridized carbons (Fsp3) is 0.882. The summed E-state index contributed by atoms with van der Waals surface area (Å²) in [6.07, 6.45) is 2.81. The van der Waals surface area contributed by atoms with Crippen molar-refractivity contribution in [1.29, 1.82) is 0 Å². The van der Waals surface area contributed by atoms with Gasteiger partial charge >= 0.3 is 15.2 Å². The summed E-state index contributed by atoms with van der Waals surface area (Å²) in [5, 5.41) is 0. The molecule has 25 heavy (non-hydrogen) atoms. The lowest BCUT2D eigenvalue weighted by Crippen LogP contribution is -2.34. The van der Waals surface area contributed by atoms with Crippen LogP contribution in [0.1, 0.15) is 68.2 Å². The molecule has 148 valence electrons. The van der Waals surface area contributed by atoms with Gasteiger partial charge in [-0.25, -0.2) is 0 Å². The second kappa shape index (κ2) is 8.82. The van der Waals surface area contributed by atoms with Crippen molar-refractivity contribution in [1.82, 2.24) is 0 Å². The van der Waals surface area contributed by atoms with E-state index in [2.05, 4.69) is 0 Å². The summed E-state index contributed by atoms with van der Waals surface area (Å²) in [6.45, 7) is 14.3. The smallest absolute Gasteiger partial charge is 0.305 e. The largest absolute Gasteiger partial charge is 0.350 e. The van der Waals surface area contributed by atoms with Crippen molar-refractivity contribution in [2.45, 2.75) is 97.5 Å². The van der Waals surface area contributed by atoms with Crippen LogP contribution in [0, 0.1) is 0 Å². The number of hydrogen-bond donors (Lipinski definition) is 0. The monoisotopic (exact) mass is 396 g/mol. The molecule has 6 nitrogen and oxygen atoms in total. The van der Waals surface area contributed by atoms with E-state index in [0.29, 0.717) is 0 Å². The van der Waals surface area contributed by atoms with Crippen LogP contribution in [-0.4, -0.2) is 29.3 Å². The van der Waals surface area contributed by atoms with E-state index in [0.717, 1.165) is 0 Å². The Hall–Kier alpha value is 0.0400. The fourth-order valence-electron chi connectivity index (χ4n) is 2.78. The molecular formula is C17H34O6P2. The second-order valence-electron chi connectivity index (χ2n) is 7.47. The molecule has 0 aromatic heterocycles. The average Bonchev–Trinajstić information content (AvgIpc) is 2.85. The molecular weight excluding hydrogens is 362 g/mol. The Labute approximate surface area is 152 Å². The van der Waals surface area contributed by atoms with E-state index < -0.39 is 20.1 Å². The molecule has 0 unspecified atom stereocenters. The van der Waals surface area contributed by atoms with Gasteiger partial charge in [-0.15, -0.1) is 0 Å². The van der Waals surface area contributed by atoms with Crippen LogP contribution >= 0.6 is 15.2 Å². The van der Waals surface area contributed by atoms with Gasteiger partial charge in [-0.1, -0.05) is 12.2 Å². The fourth-order valence-corrected chi connectivity index (χ4v) is 8.96. The molecule has 0 radical (unpaired) electrons. The number of hydrogen-bond acceptors (Lipinski definition) is 6. The standard InChI is InChI=1S/C17H34O6P2/c1-13(2)20-24(18,21-14(3)4)17(11-9-10-12-17)25(19,22-15(5)6)23-16(7)8/h9-10,13-16H,11-12H2,1-8H3. The van der Waals surface area contributed by atoms with E-state index in [1.165, 1.54) is 0 Å². The van der Waals surface area contributed by atoms with Crippen LogP contribution in [0.15, 0.2) is 12.2 Å². The highest BCUT2D eigenvalue weighted by molar-refractivity contribution is 7.74. The average molecular weight is 396 g/mol. The van der Waals surface area contributed by atoms with Gasteiger partial charge in [-0.2, -0.15) is 0 Å². The normalized spacial score (nSPS) is 18.2. The van der Waals surface area contributed by atoms with Gasteiger partial charge in [0, 0.05) is 0 Å². The van der Waals surface area contributed by atoms with Gasteiger partial charge in [-0.3, -0.25) is 9.13 Å². The minimum Gasteiger partial charge on any atom is -0.305 e. The molecule has 1 rings (SSSR count). The Kier molecular flexibility index (Phi) is 8.14. The van der Waals surface area contributed by atoms with Gasteiger partial charge in [-0.05, 0) is 68.2 Å². The lowest BCUT2D eigenvalue weighted by Gasteiger charge is -2.42. The highest BCUT2D eigenvalue weighted by Crippen LogP contribution is 2.82. The van der Waals surface area contributed by atoms with Crippen molar-refractivity contribution in [2.24, 2.45) is 0 Å². The maximum atomic E-state index is 14.0. The number of allylic oxidation sites excluding steroid dienone is 2. The molecule has 1 aliphatic carbocycles. The minimum atomic E-state index is -3.82. The van der Waals surface area contributed by atoms with Gasteiger partial charge in [0.1, 0.15) is 0 Å². The van der Waals surface area contributed by atoms with Crippen LogP contribution in [0.5, 0.6) is 0 Å². The van der Waals surface area contributed by atoms with Crippen LogP contribution in [0.2, 0.25) is 0 Å². The first-order chi connectivity index (χ1) is 11.4. The van der Waals surface area contributed by atoms with Crippen molar-refractivity contribution in [2.75, 3.05) is 0 Å². The minimum absolute atomic E-state index is 0.264. The molecule has 1 aliphatic rings. The molecule has 0 saturated carbocycles. The quantitative estimate of drug-likeness (QED) is 0.327. The van der Waals surface area contributed by atoms with E-state index in [9.17, 15) is 9.13 Å². The lowest BCUT2D eigenvalue weighted by atomic mass is 10.3. The Morgan fingerprint density at radius 3 is 1.08 bits per heavy atom. The zero-order chi connectivity index (χ0) is 19.5. The first-order valence-corrected chi connectivity index (χ1v) is 12.0. The predicted molar refractivity (Wildman–Crippen MR) is 101 cm³/mol. The second-order valence-corrected chi connectivity index (χ2v) is 12.4. The SMILES string of the molecule is CC(C)OP(=O)(OC(C)C)C1(P(=O)(OC(C)C)OC(C)C)CC=CC1. The van der Waals surface area contributed by atoms with Gasteiger partial charge < -0.3 is 18.1 Å². The number of rotatable bonds is 10. The molecule has 8 heteroatoms. The summed E-state index contributed by atoms with van der Waals surface area (Å²) >= 11 is 0. The third-order valence-corrected chi connectivity index (χ3v) is 10.5. The summed E-state index contributed by atoms with van der Waals surface area (Å²) in [7, 11) is -7.64. The first-order valence-electron chi connectivity index (χ1n) is 8.96. The van der Waals surface area contributed by atoms with E-state index in [1.807, 2.05) is 12.2 Å². The van der Waals surface area contributed by atoms with E-state index in [-0.39, 0.29) is 37.3 Å². The van der Waals surface area contributed by atoms with Gasteiger partial charge in [0.25, 0.3) is 0 Å². The van der Waals surface area contributed by atoms with Crippen molar-refractivity contribution in [3.63, 3.8) is 0 Å². The third-order valence-electron chi connectivity index (χ3n) is 3.47. The topological polar surface area (TPSA) is 71.1 Å². The first kappa shape index (κ1) is 23.1. The third kappa shape index (κ3) is 5.28. The molecule has 0 heterocycles. The van der Waals surface area contributed by atoms with Gasteiger partial charge in [0.15, 0.2) is 4.90 Å². The molecule has 0 aromatic carbocycles. The maximum Gasteiger partial charge on any atom is 0.350 e. The molecule has 0 aliphatic heterocycles. The highest BCUT2D eigenvalue weighted by atomic mass is 31.2. The van der Waals surface area contributed by atoms with Crippen LogP contribution in [-0.2, 0) is 27.2 Å². The zero-order valence-electron chi connectivity index (χ0n) is 16.7. The Morgan fingerprint density at radius 1 is 0.640 bits per heavy atom. The molecule has 0 N–H and O–H groups in total. The molecule has 0 spiro atoms. The summed E-state index contributed by atoms with van der Waals surface area (Å²) in [6, 6.07) is 0. The van der Waals surface area contributed by atoms with E-state index in [4.69, 9.17) is 18.1 Å². The molecule has 0 atom stereocenters. The maximum absolute atomic E-state index is 14.0. The van der Waals surface area contributed by atoms with Crippen molar-refractivity contribution >= 4 is 15.2 Å². The molecule has 0 saturated heterocycles. The summed E-state index contributed by atoms with van der Waals surface area (Å²) in [5.74, 6) is 0. The summed E-state index contributed by atoms with van der Waals surface area (Å²) in [5.41, 5.74) is 0. The van der Waals surface area contributed by atoms with Gasteiger partial charge in [0.05, 0.1) is 24.4 Å². The summed E-state index contributed by atoms with van der Waals surface area (Å²) in [4.78, 5) is -1.36. The molecule has 0 aromatic rings. The lowest BCUT2D eigenvalue weighted by molar-refractivity contribution is 0.110. The highest BCUT2D eigenvalue weighted by Gasteiger charge is 2.66. The van der Waals surface area contributed by atoms with Crippen molar-refractivity contribution < 1.29 is 27.2 Å². The van der Waals surface area contributed by atoms with Gasteiger partial charge in [0.2, 0.25) is 0 Å². The van der Waals surface area contributed by atoms with Crippen LogP contribution < -0.4 is 0 Å². The summed E-state index contributed by atoms with van der Waals surface area (Å²) < 4.78 is 51.1. The molecule has 0 fully saturated rings. The Bertz CT molecular complexity index is 477.